The van der Waals surface area contributed by atoms with E-state index in [1.165, 1.54) is 45.2 Å². The number of nitrogens with one attached hydrogen (secondary N) is 2. The van der Waals surface area contributed by atoms with E-state index in [1.807, 2.05) is 18.2 Å². The highest BCUT2D eigenvalue weighted by molar-refractivity contribution is 5.94. The van der Waals surface area contributed by atoms with Crippen molar-refractivity contribution in [3.8, 4) is 11.5 Å². The van der Waals surface area contributed by atoms with Crippen molar-refractivity contribution >= 4 is 11.6 Å². The Labute approximate surface area is 191 Å². The highest BCUT2D eigenvalue weighted by Gasteiger charge is 2.34. The lowest BCUT2D eigenvalue weighted by Gasteiger charge is -2.16. The predicted molar refractivity (Wildman–Crippen MR) is 127 cm³/mol. The first-order chi connectivity index (χ1) is 15.8. The van der Waals surface area contributed by atoms with Gasteiger partial charge in [0.2, 0.25) is 0 Å². The monoisotopic (exact) mass is 442 g/mol. The number of hydrogen-bond donors (Lipinski definition) is 2. The zero-order chi connectivity index (χ0) is 21.6. The second-order valence-electron chi connectivity index (χ2n) is 9.71. The standard InChI is InChI=1S/C25H38N4O3/c1(12-30-18-19-3-4-19)10-26-25(27-16-20-9-11-29(17-20)22-6-7-22)28-21-5-8-23-24(15-21)32-14-2-13-31-23/h5,8,15,19-20,22H,1-4,6-7,9-14,16-18H2,(H2,26,27,28). The van der Waals surface area contributed by atoms with Gasteiger partial charge in [-0.1, -0.05) is 0 Å². The van der Waals surface area contributed by atoms with Crippen molar-refractivity contribution in [2.45, 2.75) is 51.0 Å². The summed E-state index contributed by atoms with van der Waals surface area (Å²) >= 11 is 0. The molecule has 7 heteroatoms. The maximum atomic E-state index is 5.85. The van der Waals surface area contributed by atoms with Gasteiger partial charge in [0.25, 0.3) is 0 Å². The lowest BCUT2D eigenvalue weighted by molar-refractivity contribution is 0.123. The van der Waals surface area contributed by atoms with E-state index in [-0.39, 0.29) is 0 Å². The molecule has 2 N–H and O–H groups in total. The molecule has 4 aliphatic rings. The summed E-state index contributed by atoms with van der Waals surface area (Å²) in [5.74, 6) is 3.93. The largest absolute Gasteiger partial charge is 0.490 e. The number of rotatable bonds is 10. The summed E-state index contributed by atoms with van der Waals surface area (Å²) in [6.07, 6.45) is 8.60. The van der Waals surface area contributed by atoms with Crippen molar-refractivity contribution in [3.63, 3.8) is 0 Å². The van der Waals surface area contributed by atoms with Gasteiger partial charge in [-0.25, -0.2) is 0 Å². The Hall–Kier alpha value is -1.99. The van der Waals surface area contributed by atoms with E-state index >= 15 is 0 Å². The van der Waals surface area contributed by atoms with Gasteiger partial charge in [0.1, 0.15) is 0 Å². The lowest BCUT2D eigenvalue weighted by Crippen LogP contribution is -2.33. The van der Waals surface area contributed by atoms with Gasteiger partial charge in [-0.2, -0.15) is 0 Å². The molecule has 0 spiro atoms. The summed E-state index contributed by atoms with van der Waals surface area (Å²) in [7, 11) is 0. The fourth-order valence-corrected chi connectivity index (χ4v) is 4.44. The Morgan fingerprint density at radius 3 is 2.78 bits per heavy atom. The first kappa shape index (κ1) is 21.8. The number of ether oxygens (including phenoxy) is 3. The summed E-state index contributed by atoms with van der Waals surface area (Å²) in [6, 6.07) is 6.89. The van der Waals surface area contributed by atoms with Crippen molar-refractivity contribution in [1.29, 1.82) is 0 Å². The molecule has 32 heavy (non-hydrogen) atoms. The zero-order valence-corrected chi connectivity index (χ0v) is 19.2. The molecule has 1 aromatic rings. The first-order valence-corrected chi connectivity index (χ1v) is 12.6. The Morgan fingerprint density at radius 2 is 1.94 bits per heavy atom. The Morgan fingerprint density at radius 1 is 1.06 bits per heavy atom. The molecular weight excluding hydrogens is 404 g/mol. The molecule has 2 heterocycles. The number of anilines is 1. The fourth-order valence-electron chi connectivity index (χ4n) is 4.44. The molecule has 0 bridgehead atoms. The average Bonchev–Trinajstić information content (AvgIpc) is 3.72. The number of likely N-dealkylation sites (tertiary alicyclic amines) is 1. The normalized spacial score (nSPS) is 23.8. The van der Waals surface area contributed by atoms with Crippen LogP contribution in [0.2, 0.25) is 0 Å². The summed E-state index contributed by atoms with van der Waals surface area (Å²) < 4.78 is 17.4. The van der Waals surface area contributed by atoms with Crippen molar-refractivity contribution in [2.75, 3.05) is 57.9 Å². The van der Waals surface area contributed by atoms with Crippen LogP contribution in [0.15, 0.2) is 23.2 Å². The van der Waals surface area contributed by atoms with Crippen LogP contribution in [0.1, 0.15) is 44.9 Å². The fraction of sp³-hybridized carbons (Fsp3) is 0.720. The molecule has 1 saturated heterocycles. The van der Waals surface area contributed by atoms with Crippen LogP contribution in [0.3, 0.4) is 0 Å². The number of hydrogen-bond acceptors (Lipinski definition) is 5. The third-order valence-corrected chi connectivity index (χ3v) is 6.71. The third kappa shape index (κ3) is 6.51. The van der Waals surface area contributed by atoms with Gasteiger partial charge in [-0.15, -0.1) is 0 Å². The summed E-state index contributed by atoms with van der Waals surface area (Å²) in [5.41, 5.74) is 0.969. The van der Waals surface area contributed by atoms with Crippen molar-refractivity contribution in [3.05, 3.63) is 18.2 Å². The third-order valence-electron chi connectivity index (χ3n) is 6.71. The predicted octanol–water partition coefficient (Wildman–Crippen LogP) is 3.51. The summed E-state index contributed by atoms with van der Waals surface area (Å²) in [6.45, 7) is 7.27. The molecule has 2 aliphatic heterocycles. The van der Waals surface area contributed by atoms with Gasteiger partial charge in [0.05, 0.1) is 13.2 Å². The number of guanidine groups is 1. The van der Waals surface area contributed by atoms with E-state index in [9.17, 15) is 0 Å². The maximum absolute atomic E-state index is 5.85. The maximum Gasteiger partial charge on any atom is 0.195 e. The van der Waals surface area contributed by atoms with Gasteiger partial charge in [-0.3, -0.25) is 4.99 Å². The Balaban J connectivity index is 1.15. The van der Waals surface area contributed by atoms with Gasteiger partial charge in [0, 0.05) is 57.1 Å². The molecule has 0 amide bonds. The van der Waals surface area contributed by atoms with Crippen LogP contribution in [0.5, 0.6) is 11.5 Å². The molecular formula is C25H38N4O3. The minimum absolute atomic E-state index is 0.653. The average molecular weight is 443 g/mol. The number of nitrogens with zero attached hydrogens (tertiary/aromatic N) is 2. The topological polar surface area (TPSA) is 67.4 Å². The van der Waals surface area contributed by atoms with E-state index < -0.39 is 0 Å². The lowest BCUT2D eigenvalue weighted by atomic mass is 10.1. The summed E-state index contributed by atoms with van der Waals surface area (Å²) in [4.78, 5) is 7.61. The smallest absolute Gasteiger partial charge is 0.195 e. The van der Waals surface area contributed by atoms with Gasteiger partial charge in [-0.05, 0) is 69.0 Å². The van der Waals surface area contributed by atoms with E-state index in [1.54, 1.807) is 0 Å². The minimum Gasteiger partial charge on any atom is -0.490 e. The van der Waals surface area contributed by atoms with Crippen LogP contribution in [0.4, 0.5) is 5.69 Å². The van der Waals surface area contributed by atoms with Crippen LogP contribution in [-0.2, 0) is 4.74 Å². The molecule has 176 valence electrons. The molecule has 1 unspecified atom stereocenters. The van der Waals surface area contributed by atoms with E-state index in [4.69, 9.17) is 19.2 Å². The van der Waals surface area contributed by atoms with E-state index in [2.05, 4.69) is 15.5 Å². The van der Waals surface area contributed by atoms with Gasteiger partial charge in [0.15, 0.2) is 17.5 Å². The molecule has 0 radical (unpaired) electrons. The summed E-state index contributed by atoms with van der Waals surface area (Å²) in [5, 5.41) is 7.00. The second kappa shape index (κ2) is 10.8. The number of benzene rings is 1. The van der Waals surface area contributed by atoms with E-state index in [0.717, 1.165) is 74.3 Å². The highest BCUT2D eigenvalue weighted by Crippen LogP contribution is 2.33. The second-order valence-corrected chi connectivity index (χ2v) is 9.71. The van der Waals surface area contributed by atoms with Crippen LogP contribution >= 0.6 is 0 Å². The molecule has 3 fully saturated rings. The SMILES string of the molecule is c1cc2c(cc1NC(=NCC1CCN(C3CC3)C1)NCCCOCC1CC1)OCCCO2. The molecule has 0 aromatic heterocycles. The minimum atomic E-state index is 0.653. The molecule has 7 nitrogen and oxygen atoms in total. The van der Waals surface area contributed by atoms with Crippen LogP contribution < -0.4 is 20.1 Å². The molecule has 2 aliphatic carbocycles. The van der Waals surface area contributed by atoms with Crippen LogP contribution in [0.25, 0.3) is 0 Å². The van der Waals surface area contributed by atoms with Crippen LogP contribution in [-0.4, -0.2) is 69.5 Å². The van der Waals surface area contributed by atoms with Gasteiger partial charge < -0.3 is 29.7 Å². The van der Waals surface area contributed by atoms with Crippen LogP contribution in [0, 0.1) is 11.8 Å². The number of aliphatic imine (C=N–C) groups is 1. The van der Waals surface area contributed by atoms with Crippen molar-refractivity contribution in [2.24, 2.45) is 16.8 Å². The first-order valence-electron chi connectivity index (χ1n) is 12.6. The Bertz CT molecular complexity index is 778. The molecule has 1 aromatic carbocycles. The number of fused-ring (bicyclic) bond motifs is 1. The van der Waals surface area contributed by atoms with Gasteiger partial charge >= 0.3 is 0 Å². The zero-order valence-electron chi connectivity index (χ0n) is 19.2. The molecule has 5 rings (SSSR count). The molecule has 1 atom stereocenters. The van der Waals surface area contributed by atoms with Crippen molar-refractivity contribution in [1.82, 2.24) is 10.2 Å². The Kier molecular flexibility index (Phi) is 7.34. The highest BCUT2D eigenvalue weighted by atomic mass is 16.5. The quantitative estimate of drug-likeness (QED) is 0.328. The van der Waals surface area contributed by atoms with E-state index in [0.29, 0.717) is 19.1 Å². The van der Waals surface area contributed by atoms with Crippen molar-refractivity contribution < 1.29 is 14.2 Å². The molecule has 2 saturated carbocycles.